The van der Waals surface area contributed by atoms with Crippen molar-refractivity contribution >= 4 is 5.78 Å². The second kappa shape index (κ2) is 5.62. The molecule has 2 atom stereocenters. The predicted octanol–water partition coefficient (Wildman–Crippen LogP) is 1.79. The number of aryl methyl sites for hydroxylation is 1. The molecule has 2 unspecified atom stereocenters. The molecule has 0 radical (unpaired) electrons. The monoisotopic (exact) mass is 274 g/mol. The number of hydrogen-bond acceptors (Lipinski definition) is 4. The first kappa shape index (κ1) is 13.7. The van der Waals surface area contributed by atoms with Crippen LogP contribution in [-0.2, 0) is 16.0 Å². The second-order valence-electron chi connectivity index (χ2n) is 5.99. The molecule has 0 amide bonds. The highest BCUT2D eigenvalue weighted by Gasteiger charge is 2.37. The van der Waals surface area contributed by atoms with Crippen LogP contribution in [0.3, 0.4) is 0 Å². The van der Waals surface area contributed by atoms with Gasteiger partial charge in [-0.25, -0.2) is 0 Å². The molecule has 0 bridgehead atoms. The molecule has 108 valence electrons. The van der Waals surface area contributed by atoms with Crippen molar-refractivity contribution < 1.29 is 9.53 Å². The van der Waals surface area contributed by atoms with Crippen molar-refractivity contribution in [1.29, 1.82) is 0 Å². The van der Waals surface area contributed by atoms with E-state index >= 15 is 0 Å². The Morgan fingerprint density at radius 1 is 1.50 bits per heavy atom. The Morgan fingerprint density at radius 3 is 3.15 bits per heavy atom. The number of aromatic nitrogens is 1. The summed E-state index contributed by atoms with van der Waals surface area (Å²) in [5, 5.41) is 0. The summed E-state index contributed by atoms with van der Waals surface area (Å²) in [6.07, 6.45) is 3.34. The lowest BCUT2D eigenvalue weighted by molar-refractivity contribution is -0.138. The number of carbonyl (C=O) groups excluding carboxylic acids is 1. The molecular weight excluding hydrogens is 252 g/mol. The summed E-state index contributed by atoms with van der Waals surface area (Å²) in [5.74, 6) is 0.149. The minimum Gasteiger partial charge on any atom is -0.368 e. The summed E-state index contributed by atoms with van der Waals surface area (Å²) in [4.78, 5) is 19.5. The lowest BCUT2D eigenvalue weighted by Crippen LogP contribution is -2.49. The Balaban J connectivity index is 1.74. The van der Waals surface area contributed by atoms with Crippen molar-refractivity contribution in [2.24, 2.45) is 0 Å². The molecule has 1 aromatic heterocycles. The third-order valence-corrected chi connectivity index (χ3v) is 4.45. The molecule has 20 heavy (non-hydrogen) atoms. The average molecular weight is 274 g/mol. The lowest BCUT2D eigenvalue weighted by atomic mass is 9.96. The topological polar surface area (TPSA) is 42.4 Å². The Labute approximate surface area is 120 Å². The molecule has 0 saturated carbocycles. The smallest absolute Gasteiger partial charge is 0.171 e. The minimum atomic E-state index is -0.288. The summed E-state index contributed by atoms with van der Waals surface area (Å²) in [7, 11) is 0. The third-order valence-electron chi connectivity index (χ3n) is 4.45. The van der Waals surface area contributed by atoms with Crippen LogP contribution in [0.2, 0.25) is 0 Å². The molecule has 2 heterocycles. The zero-order valence-electron chi connectivity index (χ0n) is 12.2. The van der Waals surface area contributed by atoms with Crippen LogP contribution in [-0.4, -0.2) is 47.5 Å². The summed E-state index contributed by atoms with van der Waals surface area (Å²) >= 11 is 0. The van der Waals surface area contributed by atoms with E-state index in [1.165, 1.54) is 5.56 Å². The van der Waals surface area contributed by atoms with Crippen LogP contribution in [0.25, 0.3) is 0 Å². The maximum absolute atomic E-state index is 12.7. The molecule has 2 aliphatic rings. The molecule has 4 nitrogen and oxygen atoms in total. The number of ketones is 1. The summed E-state index contributed by atoms with van der Waals surface area (Å²) < 4.78 is 5.73. The highest BCUT2D eigenvalue weighted by Crippen LogP contribution is 2.33. The van der Waals surface area contributed by atoms with E-state index in [0.29, 0.717) is 12.6 Å². The van der Waals surface area contributed by atoms with Crippen LogP contribution >= 0.6 is 0 Å². The summed E-state index contributed by atoms with van der Waals surface area (Å²) in [6, 6.07) is 4.49. The van der Waals surface area contributed by atoms with Crippen LogP contribution in [0.5, 0.6) is 0 Å². The molecule has 1 aromatic rings. The van der Waals surface area contributed by atoms with Gasteiger partial charge in [-0.3, -0.25) is 14.7 Å². The molecule has 1 aliphatic carbocycles. The zero-order valence-corrected chi connectivity index (χ0v) is 12.2. The van der Waals surface area contributed by atoms with Crippen molar-refractivity contribution in [3.63, 3.8) is 0 Å². The van der Waals surface area contributed by atoms with Gasteiger partial charge in [-0.05, 0) is 38.3 Å². The number of fused-ring (bicyclic) bond motifs is 1. The van der Waals surface area contributed by atoms with Crippen LogP contribution < -0.4 is 0 Å². The Morgan fingerprint density at radius 2 is 2.35 bits per heavy atom. The van der Waals surface area contributed by atoms with Crippen molar-refractivity contribution in [2.75, 3.05) is 19.7 Å². The van der Waals surface area contributed by atoms with E-state index in [9.17, 15) is 4.79 Å². The van der Waals surface area contributed by atoms with Gasteiger partial charge in [-0.1, -0.05) is 6.07 Å². The lowest BCUT2D eigenvalue weighted by Gasteiger charge is -2.35. The van der Waals surface area contributed by atoms with Gasteiger partial charge < -0.3 is 4.74 Å². The van der Waals surface area contributed by atoms with Crippen LogP contribution in [0, 0.1) is 0 Å². The van der Waals surface area contributed by atoms with Gasteiger partial charge in [0.2, 0.25) is 0 Å². The van der Waals surface area contributed by atoms with E-state index in [4.69, 9.17) is 4.74 Å². The van der Waals surface area contributed by atoms with E-state index in [1.807, 2.05) is 6.07 Å². The van der Waals surface area contributed by atoms with Crippen molar-refractivity contribution in [3.8, 4) is 0 Å². The molecule has 3 rings (SSSR count). The first-order valence-electron chi connectivity index (χ1n) is 7.50. The van der Waals surface area contributed by atoms with Gasteiger partial charge >= 0.3 is 0 Å². The minimum absolute atomic E-state index is 0.0664. The first-order chi connectivity index (χ1) is 9.66. The van der Waals surface area contributed by atoms with E-state index in [1.54, 1.807) is 6.20 Å². The highest BCUT2D eigenvalue weighted by molar-refractivity contribution is 5.90. The molecule has 0 spiro atoms. The van der Waals surface area contributed by atoms with Crippen molar-refractivity contribution in [2.45, 2.75) is 44.8 Å². The fourth-order valence-corrected chi connectivity index (χ4v) is 3.22. The third kappa shape index (κ3) is 2.50. The van der Waals surface area contributed by atoms with Gasteiger partial charge in [0.15, 0.2) is 5.78 Å². The summed E-state index contributed by atoms with van der Waals surface area (Å²) in [5.41, 5.74) is 2.20. The number of morpholine rings is 1. The number of carbonyl (C=O) groups is 1. The Hall–Kier alpha value is -1.26. The Bertz CT molecular complexity index is 501. The standard InChI is InChI=1S/C16H22N2O2/c1-11(2)18-8-9-20-14(10-18)16(19)13-6-5-12-4-3-7-17-15(12)13/h3-4,7,11,13-14H,5-6,8-10H2,1-2H3. The van der Waals surface area contributed by atoms with Crippen LogP contribution in [0.4, 0.5) is 0 Å². The predicted molar refractivity (Wildman–Crippen MR) is 76.8 cm³/mol. The molecule has 1 aliphatic heterocycles. The fraction of sp³-hybridized carbons (Fsp3) is 0.625. The van der Waals surface area contributed by atoms with Gasteiger partial charge in [-0.15, -0.1) is 0 Å². The van der Waals surface area contributed by atoms with Gasteiger partial charge in [0, 0.05) is 25.3 Å². The number of rotatable bonds is 3. The normalized spacial score (nSPS) is 26.8. The molecule has 0 aromatic carbocycles. The van der Waals surface area contributed by atoms with Crippen LogP contribution in [0.1, 0.15) is 37.4 Å². The van der Waals surface area contributed by atoms with E-state index in [0.717, 1.165) is 31.6 Å². The van der Waals surface area contributed by atoms with Crippen molar-refractivity contribution in [1.82, 2.24) is 9.88 Å². The van der Waals surface area contributed by atoms with Crippen LogP contribution in [0.15, 0.2) is 18.3 Å². The number of pyridine rings is 1. The van der Waals surface area contributed by atoms with Gasteiger partial charge in [0.25, 0.3) is 0 Å². The highest BCUT2D eigenvalue weighted by atomic mass is 16.5. The molecule has 0 N–H and O–H groups in total. The first-order valence-corrected chi connectivity index (χ1v) is 7.50. The maximum atomic E-state index is 12.7. The van der Waals surface area contributed by atoms with Crippen molar-refractivity contribution in [3.05, 3.63) is 29.6 Å². The number of Topliss-reactive ketones (excluding diaryl/α,β-unsaturated/α-hetero) is 1. The molecule has 4 heteroatoms. The van der Waals surface area contributed by atoms with Gasteiger partial charge in [0.05, 0.1) is 18.2 Å². The van der Waals surface area contributed by atoms with E-state index in [-0.39, 0.29) is 17.8 Å². The Kier molecular flexibility index (Phi) is 3.85. The number of ether oxygens (including phenoxy) is 1. The van der Waals surface area contributed by atoms with E-state index in [2.05, 4.69) is 29.8 Å². The van der Waals surface area contributed by atoms with Gasteiger partial charge in [-0.2, -0.15) is 0 Å². The summed E-state index contributed by atoms with van der Waals surface area (Å²) in [6.45, 7) is 6.62. The van der Waals surface area contributed by atoms with Gasteiger partial charge in [0.1, 0.15) is 6.10 Å². The largest absolute Gasteiger partial charge is 0.368 e. The quantitative estimate of drug-likeness (QED) is 0.843. The maximum Gasteiger partial charge on any atom is 0.171 e. The molecule has 1 saturated heterocycles. The zero-order chi connectivity index (χ0) is 14.1. The fourth-order valence-electron chi connectivity index (χ4n) is 3.22. The molecular formula is C16H22N2O2. The number of nitrogens with zero attached hydrogens (tertiary/aromatic N) is 2. The molecule has 1 fully saturated rings. The average Bonchev–Trinajstić information content (AvgIpc) is 2.90. The SMILES string of the molecule is CC(C)N1CCOC(C(=O)C2CCc3cccnc32)C1. The number of hydrogen-bond donors (Lipinski definition) is 0. The second-order valence-corrected chi connectivity index (χ2v) is 5.99. The van der Waals surface area contributed by atoms with E-state index < -0.39 is 0 Å².